The van der Waals surface area contributed by atoms with E-state index in [1.165, 1.54) is 43.5 Å². The van der Waals surface area contributed by atoms with Crippen LogP contribution in [0.5, 0.6) is 0 Å². The average Bonchev–Trinajstić information content (AvgIpc) is 3.13. The van der Waals surface area contributed by atoms with Crippen LogP contribution in [0, 0.1) is 0 Å². The summed E-state index contributed by atoms with van der Waals surface area (Å²) in [5, 5.41) is 12.4. The molecule has 57 heavy (non-hydrogen) atoms. The number of thioether (sulfide) groups is 1. The van der Waals surface area contributed by atoms with Gasteiger partial charge in [-0.1, -0.05) is 36.4 Å². The first-order valence-corrected chi connectivity index (χ1v) is 19.2. The van der Waals surface area contributed by atoms with Gasteiger partial charge in [-0.05, 0) is 37.1 Å². The Morgan fingerprint density at radius 2 is 1.26 bits per heavy atom. The number of carbonyl (C=O) groups excluding carboxylic acids is 5. The molecule has 2 heterocycles. The predicted molar refractivity (Wildman–Crippen MR) is 189 cm³/mol. The van der Waals surface area contributed by atoms with Crippen LogP contribution < -0.4 is 74.0 Å². The van der Waals surface area contributed by atoms with Crippen molar-refractivity contribution in [2.45, 2.75) is 88.2 Å². The molecule has 22 heteroatoms. The van der Waals surface area contributed by atoms with Gasteiger partial charge in [0.05, 0.1) is 11.1 Å². The van der Waals surface area contributed by atoms with Crippen molar-refractivity contribution in [3.8, 4) is 0 Å². The van der Waals surface area contributed by atoms with Crippen LogP contribution in [0.25, 0.3) is 0 Å². The van der Waals surface area contributed by atoms with Gasteiger partial charge in [-0.25, -0.2) is 13.8 Å². The Labute approximate surface area is 391 Å². The fourth-order valence-electron chi connectivity index (χ4n) is 5.81. The van der Waals surface area contributed by atoms with Crippen LogP contribution in [-0.2, 0) is 66.9 Å². The normalized spacial score (nSPS) is 27.5. The molecule has 2 aliphatic heterocycles. The van der Waals surface area contributed by atoms with Crippen LogP contribution in [0.3, 0.4) is 0 Å². The molecule has 19 nitrogen and oxygen atoms in total. The number of carbonyl (C=O) groups is 5. The largest absolute Gasteiger partial charge is 1.00 e. The van der Waals surface area contributed by atoms with Crippen LogP contribution >= 0.6 is 11.8 Å². The van der Waals surface area contributed by atoms with E-state index in [1.807, 2.05) is 0 Å². The van der Waals surface area contributed by atoms with E-state index in [2.05, 4.69) is 4.99 Å². The first-order valence-electron chi connectivity index (χ1n) is 16.8. The van der Waals surface area contributed by atoms with Gasteiger partial charge >= 0.3 is 109 Å². The number of esters is 5. The minimum atomic E-state index is -5.36. The van der Waals surface area contributed by atoms with Crippen LogP contribution in [0.4, 0.5) is 0 Å². The van der Waals surface area contributed by atoms with E-state index in [9.17, 15) is 42.0 Å². The third-order valence-electron chi connectivity index (χ3n) is 7.99. The van der Waals surface area contributed by atoms with Gasteiger partial charge in [-0.3, -0.25) is 23.9 Å². The fraction of sp³-hybridized carbons (Fsp3) is 0.486. The zero-order valence-corrected chi connectivity index (χ0v) is 39.5. The smallest absolute Gasteiger partial charge is 0.862 e. The van der Waals surface area contributed by atoms with E-state index < -0.39 is 119 Å². The third kappa shape index (κ3) is 14.6. The van der Waals surface area contributed by atoms with Gasteiger partial charge in [0.1, 0.15) is 36.4 Å². The van der Waals surface area contributed by atoms with Gasteiger partial charge < -0.3 is 43.0 Å². The zero-order chi connectivity index (χ0) is 41.2. The Hall–Kier alpha value is -2.59. The molecule has 0 amide bonds. The summed E-state index contributed by atoms with van der Waals surface area (Å²) in [6.45, 7) is 3.83. The molecular weight excluding hydrogens is 919 g/mol. The molecule has 2 fully saturated rings. The summed E-state index contributed by atoms with van der Waals surface area (Å²) < 4.78 is 84.9. The summed E-state index contributed by atoms with van der Waals surface area (Å²) in [5.41, 5.74) is -1.24. The van der Waals surface area contributed by atoms with Crippen molar-refractivity contribution in [2.75, 3.05) is 19.5 Å². The molecule has 2 saturated heterocycles. The molecule has 2 aromatic carbocycles. The number of rotatable bonds is 15. The third-order valence-corrected chi connectivity index (χ3v) is 9.69. The van der Waals surface area contributed by atoms with Crippen molar-refractivity contribution in [2.24, 2.45) is 4.99 Å². The van der Waals surface area contributed by atoms with Crippen molar-refractivity contribution in [3.63, 3.8) is 0 Å². The average molecular weight is 960 g/mol. The first-order chi connectivity index (χ1) is 26.5. The number of nitrogens with zero attached hydrogens (tertiary/aromatic N) is 1. The molecule has 2 aliphatic rings. The molecule has 0 radical (unpaired) electrons. The standard InChI is InChI=1S/C35H41NO18S2.Cs/c1-18(37)36-26-29(49-21(4)40)27(48-20(3)39)24(16-47-19(2)38)51-35(26)55-17-25-28(54-56(43,44)45)30(52-32(41)22-12-8-6-9-13-22)31(34(46-5)50-25)53-33(42)23-14-10-7-11-15-23;/h6-15,24-31,34-35H,16-17H2,1-5H3,(H,36,37)(H,43,44,45);/q;+1/p-1/t24-,25-,26-,27-,28-,29-,30+,31-,34+,35+;/m1./s1. The SMILES string of the molecule is CO[C@H]1O[C@H](CS[C@@H]2O[C@H](COC(C)=O)[C@@H](OC(C)=O)[C@H](OC(C)=O)[C@H]2N=C(C)[O-])[C@@H](OS(=O)(=O)O)[C@H](OC(=O)c2ccccc2)[C@H]1OC(=O)c1ccccc1.[Cs+]. The molecule has 306 valence electrons. The van der Waals surface area contributed by atoms with Gasteiger partial charge in [-0.15, -0.1) is 11.8 Å². The number of aliphatic imine (C=N–C) groups is 1. The molecular formula is C35H40CsNO18S2. The maximum Gasteiger partial charge on any atom is 1.00 e. The van der Waals surface area contributed by atoms with Gasteiger partial charge in [0.2, 0.25) is 0 Å². The Morgan fingerprint density at radius 1 is 0.737 bits per heavy atom. The second kappa shape index (κ2) is 22.7. The van der Waals surface area contributed by atoms with E-state index in [0.29, 0.717) is 0 Å². The summed E-state index contributed by atoms with van der Waals surface area (Å²) in [5.74, 6) is -5.52. The van der Waals surface area contributed by atoms with E-state index in [0.717, 1.165) is 39.5 Å². The van der Waals surface area contributed by atoms with E-state index in [-0.39, 0.29) is 80.0 Å². The minimum absolute atomic E-state index is 0. The Balaban J connectivity index is 0.00000870. The second-order valence-electron chi connectivity index (χ2n) is 12.2. The van der Waals surface area contributed by atoms with Crippen molar-refractivity contribution in [3.05, 3.63) is 71.8 Å². The van der Waals surface area contributed by atoms with Gasteiger partial charge in [0.25, 0.3) is 0 Å². The summed E-state index contributed by atoms with van der Waals surface area (Å²) in [6.07, 6.45) is -12.8. The molecule has 4 rings (SSSR count). The summed E-state index contributed by atoms with van der Waals surface area (Å²) >= 11 is 0.790. The van der Waals surface area contributed by atoms with Crippen LogP contribution in [0.1, 0.15) is 48.4 Å². The Morgan fingerprint density at radius 3 is 1.74 bits per heavy atom. The molecule has 0 bridgehead atoms. The minimum Gasteiger partial charge on any atom is -0.862 e. The fourth-order valence-corrected chi connectivity index (χ4v) is 7.61. The predicted octanol–water partition coefficient (Wildman–Crippen LogP) is -1.97. The Kier molecular flexibility index (Phi) is 19.4. The number of hydrogen-bond acceptors (Lipinski definition) is 19. The van der Waals surface area contributed by atoms with Crippen LogP contribution in [0.2, 0.25) is 0 Å². The molecule has 0 aliphatic carbocycles. The maximum absolute atomic E-state index is 13.5. The second-order valence-corrected chi connectivity index (χ2v) is 14.4. The van der Waals surface area contributed by atoms with E-state index in [1.54, 1.807) is 24.3 Å². The van der Waals surface area contributed by atoms with Crippen molar-refractivity contribution in [1.82, 2.24) is 0 Å². The molecule has 10 atom stereocenters. The van der Waals surface area contributed by atoms with E-state index in [4.69, 9.17) is 42.1 Å². The van der Waals surface area contributed by atoms with Gasteiger partial charge in [-0.2, -0.15) is 8.42 Å². The van der Waals surface area contributed by atoms with Crippen molar-refractivity contribution < 1.29 is 153 Å². The number of ether oxygens (including phenoxy) is 8. The molecule has 2 aromatic rings. The van der Waals surface area contributed by atoms with E-state index >= 15 is 0 Å². The van der Waals surface area contributed by atoms with Crippen molar-refractivity contribution >= 4 is 57.9 Å². The van der Waals surface area contributed by atoms with Crippen molar-refractivity contribution in [1.29, 1.82) is 0 Å². The number of hydrogen-bond donors (Lipinski definition) is 1. The topological polar surface area (TPSA) is 258 Å². The molecule has 0 unspecified atom stereocenters. The quantitative estimate of drug-likeness (QED) is 0.0668. The summed E-state index contributed by atoms with van der Waals surface area (Å²) in [6, 6.07) is 13.7. The molecule has 0 saturated carbocycles. The number of methoxy groups -OCH3 is 1. The van der Waals surface area contributed by atoms with Gasteiger partial charge in [0, 0.05) is 33.6 Å². The zero-order valence-electron chi connectivity index (χ0n) is 31.6. The summed E-state index contributed by atoms with van der Waals surface area (Å²) in [7, 11) is -4.19. The van der Waals surface area contributed by atoms with Crippen LogP contribution in [0.15, 0.2) is 65.7 Å². The van der Waals surface area contributed by atoms with Crippen LogP contribution in [-0.4, -0.2) is 129 Å². The monoisotopic (exact) mass is 959 g/mol. The maximum atomic E-state index is 13.5. The first kappa shape index (κ1) is 48.8. The molecule has 0 aromatic heterocycles. The summed E-state index contributed by atoms with van der Waals surface area (Å²) in [4.78, 5) is 67.0. The Bertz CT molecular complexity index is 1830. The molecule has 0 spiro atoms. The molecule has 1 N–H and O–H groups in total. The number of benzene rings is 2. The van der Waals surface area contributed by atoms with Gasteiger partial charge in [0.15, 0.2) is 30.7 Å².